The van der Waals surface area contributed by atoms with E-state index in [1.165, 1.54) is 5.56 Å². The molecule has 3 aromatic rings. The fraction of sp³-hybridized carbons (Fsp3) is 0.316. The summed E-state index contributed by atoms with van der Waals surface area (Å²) in [6.07, 6.45) is 3.78. The first-order chi connectivity index (χ1) is 10.9. The summed E-state index contributed by atoms with van der Waals surface area (Å²) < 4.78 is 13.6. The van der Waals surface area contributed by atoms with Crippen molar-refractivity contribution in [3.05, 3.63) is 48.3 Å². The van der Waals surface area contributed by atoms with E-state index in [4.69, 9.17) is 9.47 Å². The van der Waals surface area contributed by atoms with E-state index in [1.54, 1.807) is 7.11 Å². The summed E-state index contributed by atoms with van der Waals surface area (Å²) in [7, 11) is 1.68. The number of aryl methyl sites for hydroxylation is 1. The van der Waals surface area contributed by atoms with Crippen molar-refractivity contribution < 1.29 is 9.47 Å². The Morgan fingerprint density at radius 3 is 2.57 bits per heavy atom. The molecule has 4 nitrogen and oxygen atoms in total. The number of pyridine rings is 1. The van der Waals surface area contributed by atoms with E-state index in [9.17, 15) is 0 Å². The molecule has 2 aromatic heterocycles. The smallest absolute Gasteiger partial charge is 0.137 e. The van der Waals surface area contributed by atoms with Crippen LogP contribution in [0, 0.1) is 6.92 Å². The standard InChI is InChI=1S/C19H22N2O2/c1-13-6-9-17-20-10-11-21(17)18(13)15-8-7-14(12-16(15)22-5)23-19(2,3)4/h6-12H,1-5H3. The van der Waals surface area contributed by atoms with E-state index in [2.05, 4.69) is 22.4 Å². The maximum absolute atomic E-state index is 5.94. The maximum Gasteiger partial charge on any atom is 0.137 e. The second-order valence-corrected chi connectivity index (χ2v) is 6.60. The van der Waals surface area contributed by atoms with E-state index in [0.29, 0.717) is 0 Å². The Hall–Kier alpha value is -2.49. The topological polar surface area (TPSA) is 35.8 Å². The van der Waals surface area contributed by atoms with Gasteiger partial charge in [-0.25, -0.2) is 4.98 Å². The molecule has 0 aliphatic carbocycles. The lowest BCUT2D eigenvalue weighted by Gasteiger charge is -2.22. The maximum atomic E-state index is 5.94. The van der Waals surface area contributed by atoms with Gasteiger partial charge in [0.05, 0.1) is 12.8 Å². The van der Waals surface area contributed by atoms with Gasteiger partial charge in [-0.15, -0.1) is 0 Å². The van der Waals surface area contributed by atoms with Crippen molar-refractivity contribution in [3.8, 4) is 22.8 Å². The lowest BCUT2D eigenvalue weighted by atomic mass is 10.0. The van der Waals surface area contributed by atoms with Gasteiger partial charge in [-0.2, -0.15) is 0 Å². The summed E-state index contributed by atoms with van der Waals surface area (Å²) in [6.45, 7) is 8.19. The van der Waals surface area contributed by atoms with Gasteiger partial charge in [-0.1, -0.05) is 6.07 Å². The zero-order chi connectivity index (χ0) is 16.6. The van der Waals surface area contributed by atoms with Gasteiger partial charge in [-0.05, 0) is 51.5 Å². The zero-order valence-corrected chi connectivity index (χ0v) is 14.3. The Morgan fingerprint density at radius 2 is 1.87 bits per heavy atom. The van der Waals surface area contributed by atoms with Gasteiger partial charge in [0, 0.05) is 24.0 Å². The first-order valence-corrected chi connectivity index (χ1v) is 7.69. The summed E-state index contributed by atoms with van der Waals surface area (Å²) in [5, 5.41) is 0. The number of aromatic nitrogens is 2. The quantitative estimate of drug-likeness (QED) is 0.715. The van der Waals surface area contributed by atoms with Crippen LogP contribution in [0.3, 0.4) is 0 Å². The summed E-state index contributed by atoms with van der Waals surface area (Å²) >= 11 is 0. The number of hydrogen-bond acceptors (Lipinski definition) is 3. The third-order valence-electron chi connectivity index (χ3n) is 3.62. The molecule has 0 N–H and O–H groups in total. The minimum absolute atomic E-state index is 0.243. The second kappa shape index (κ2) is 5.61. The monoisotopic (exact) mass is 310 g/mol. The van der Waals surface area contributed by atoms with Crippen molar-refractivity contribution in [2.24, 2.45) is 0 Å². The normalized spacial score (nSPS) is 11.7. The number of fused-ring (bicyclic) bond motifs is 1. The lowest BCUT2D eigenvalue weighted by molar-refractivity contribution is 0.130. The van der Waals surface area contributed by atoms with Crippen molar-refractivity contribution >= 4 is 5.65 Å². The van der Waals surface area contributed by atoms with Crippen LogP contribution in [-0.4, -0.2) is 22.1 Å². The van der Waals surface area contributed by atoms with E-state index >= 15 is 0 Å². The molecule has 23 heavy (non-hydrogen) atoms. The molecule has 120 valence electrons. The van der Waals surface area contributed by atoms with Crippen LogP contribution in [-0.2, 0) is 0 Å². The summed E-state index contributed by atoms with van der Waals surface area (Å²) in [5.41, 5.74) is 3.95. The fourth-order valence-electron chi connectivity index (χ4n) is 2.72. The molecule has 0 aliphatic heterocycles. The molecular formula is C19H22N2O2. The highest BCUT2D eigenvalue weighted by Gasteiger charge is 2.16. The Bertz CT molecular complexity index is 844. The molecule has 0 aliphatic rings. The lowest BCUT2D eigenvalue weighted by Crippen LogP contribution is -2.22. The number of benzene rings is 1. The average molecular weight is 310 g/mol. The van der Waals surface area contributed by atoms with E-state index < -0.39 is 0 Å². The van der Waals surface area contributed by atoms with E-state index in [1.807, 2.05) is 57.4 Å². The Morgan fingerprint density at radius 1 is 1.09 bits per heavy atom. The van der Waals surface area contributed by atoms with Gasteiger partial charge in [0.2, 0.25) is 0 Å². The molecule has 0 spiro atoms. The third-order valence-corrected chi connectivity index (χ3v) is 3.62. The number of ether oxygens (including phenoxy) is 2. The SMILES string of the molecule is COc1cc(OC(C)(C)C)ccc1-c1c(C)ccc2nccn12. The summed E-state index contributed by atoms with van der Waals surface area (Å²) in [6, 6.07) is 10.1. The van der Waals surface area contributed by atoms with Gasteiger partial charge in [0.1, 0.15) is 22.7 Å². The predicted octanol–water partition coefficient (Wildman–Crippen LogP) is 4.50. The number of hydrogen-bond donors (Lipinski definition) is 0. The summed E-state index contributed by atoms with van der Waals surface area (Å²) in [4.78, 5) is 4.36. The molecule has 2 heterocycles. The molecule has 0 bridgehead atoms. The average Bonchev–Trinajstić information content (AvgIpc) is 2.94. The molecule has 0 unspecified atom stereocenters. The van der Waals surface area contributed by atoms with Crippen molar-refractivity contribution in [1.29, 1.82) is 0 Å². The largest absolute Gasteiger partial charge is 0.496 e. The zero-order valence-electron chi connectivity index (χ0n) is 14.3. The van der Waals surface area contributed by atoms with Crippen LogP contribution in [0.5, 0.6) is 11.5 Å². The van der Waals surface area contributed by atoms with Crippen LogP contribution in [0.4, 0.5) is 0 Å². The Balaban J connectivity index is 2.15. The molecule has 3 rings (SSSR count). The van der Waals surface area contributed by atoms with Crippen LogP contribution < -0.4 is 9.47 Å². The molecule has 1 aromatic carbocycles. The molecular weight excluding hydrogens is 288 g/mol. The number of methoxy groups -OCH3 is 1. The highest BCUT2D eigenvalue weighted by Crippen LogP contribution is 2.36. The molecule has 4 heteroatoms. The van der Waals surface area contributed by atoms with E-state index in [0.717, 1.165) is 28.4 Å². The molecule has 0 fully saturated rings. The van der Waals surface area contributed by atoms with Crippen molar-refractivity contribution in [3.63, 3.8) is 0 Å². The number of imidazole rings is 1. The molecule has 0 radical (unpaired) electrons. The van der Waals surface area contributed by atoms with Crippen LogP contribution in [0.1, 0.15) is 26.3 Å². The fourth-order valence-corrected chi connectivity index (χ4v) is 2.72. The first-order valence-electron chi connectivity index (χ1n) is 7.69. The van der Waals surface area contributed by atoms with Gasteiger partial charge in [0.25, 0.3) is 0 Å². The third kappa shape index (κ3) is 3.02. The molecule has 0 saturated carbocycles. The van der Waals surface area contributed by atoms with Crippen molar-refractivity contribution in [2.75, 3.05) is 7.11 Å². The predicted molar refractivity (Wildman–Crippen MR) is 92.3 cm³/mol. The summed E-state index contributed by atoms with van der Waals surface area (Å²) in [5.74, 6) is 1.59. The molecule has 0 atom stereocenters. The van der Waals surface area contributed by atoms with Crippen LogP contribution >= 0.6 is 0 Å². The Kier molecular flexibility index (Phi) is 3.76. The molecule has 0 amide bonds. The highest BCUT2D eigenvalue weighted by atomic mass is 16.5. The first kappa shape index (κ1) is 15.4. The molecule has 0 saturated heterocycles. The van der Waals surface area contributed by atoms with Crippen LogP contribution in [0.15, 0.2) is 42.7 Å². The van der Waals surface area contributed by atoms with Crippen molar-refractivity contribution in [2.45, 2.75) is 33.3 Å². The van der Waals surface area contributed by atoms with Gasteiger partial charge < -0.3 is 9.47 Å². The van der Waals surface area contributed by atoms with Gasteiger partial charge in [0.15, 0.2) is 0 Å². The minimum Gasteiger partial charge on any atom is -0.496 e. The number of rotatable bonds is 3. The second-order valence-electron chi connectivity index (χ2n) is 6.60. The van der Waals surface area contributed by atoms with Crippen LogP contribution in [0.25, 0.3) is 16.9 Å². The van der Waals surface area contributed by atoms with Gasteiger partial charge >= 0.3 is 0 Å². The van der Waals surface area contributed by atoms with Crippen molar-refractivity contribution in [1.82, 2.24) is 9.38 Å². The Labute approximate surface area is 136 Å². The minimum atomic E-state index is -0.243. The van der Waals surface area contributed by atoms with Crippen LogP contribution in [0.2, 0.25) is 0 Å². The van der Waals surface area contributed by atoms with E-state index in [-0.39, 0.29) is 5.60 Å². The highest BCUT2D eigenvalue weighted by molar-refractivity contribution is 5.73. The number of nitrogens with zero attached hydrogens (tertiary/aromatic N) is 2. The van der Waals surface area contributed by atoms with Gasteiger partial charge in [-0.3, -0.25) is 4.40 Å².